The summed E-state index contributed by atoms with van der Waals surface area (Å²) >= 11 is 6.31. The second-order valence-electron chi connectivity index (χ2n) is 7.01. The van der Waals surface area contributed by atoms with Gasteiger partial charge in [0.05, 0.1) is 12.0 Å². The van der Waals surface area contributed by atoms with E-state index in [1.165, 1.54) is 12.4 Å². The van der Waals surface area contributed by atoms with Gasteiger partial charge in [0.15, 0.2) is 12.4 Å². The van der Waals surface area contributed by atoms with Crippen molar-refractivity contribution in [2.24, 2.45) is 5.41 Å². The van der Waals surface area contributed by atoms with Gasteiger partial charge in [-0.2, -0.15) is 4.73 Å². The molecule has 7 heteroatoms. The average molecular weight is 403 g/mol. The first kappa shape index (κ1) is 20.1. The fraction of sp³-hybridized carbons (Fsp3) is 0.381. The van der Waals surface area contributed by atoms with E-state index in [9.17, 15) is 14.8 Å². The number of esters is 1. The fourth-order valence-corrected chi connectivity index (χ4v) is 3.85. The number of benzene rings is 1. The number of pyridine rings is 1. The Bertz CT molecular complexity index is 863. The molecule has 0 saturated carbocycles. The van der Waals surface area contributed by atoms with E-state index in [1.54, 1.807) is 24.0 Å². The third-order valence-corrected chi connectivity index (χ3v) is 5.59. The Balaban J connectivity index is 1.78. The van der Waals surface area contributed by atoms with Crippen LogP contribution in [-0.2, 0) is 16.0 Å². The Labute approximate surface area is 169 Å². The Morgan fingerprint density at radius 1 is 1.21 bits per heavy atom. The number of rotatable bonds is 5. The van der Waals surface area contributed by atoms with Crippen molar-refractivity contribution in [1.29, 1.82) is 0 Å². The summed E-state index contributed by atoms with van der Waals surface area (Å²) in [5, 5.41) is 12.1. The van der Waals surface area contributed by atoms with Crippen LogP contribution >= 0.6 is 11.6 Å². The van der Waals surface area contributed by atoms with Gasteiger partial charge in [-0.3, -0.25) is 9.59 Å². The zero-order valence-corrected chi connectivity index (χ0v) is 16.5. The second-order valence-corrected chi connectivity index (χ2v) is 7.42. The van der Waals surface area contributed by atoms with E-state index in [1.807, 2.05) is 24.3 Å². The zero-order valence-electron chi connectivity index (χ0n) is 15.8. The molecule has 1 amide bonds. The summed E-state index contributed by atoms with van der Waals surface area (Å²) in [6, 6.07) is 10.6. The van der Waals surface area contributed by atoms with Crippen LogP contribution in [0.25, 0.3) is 0 Å². The van der Waals surface area contributed by atoms with Crippen LogP contribution in [0.15, 0.2) is 48.8 Å². The first-order valence-electron chi connectivity index (χ1n) is 9.34. The minimum Gasteiger partial charge on any atom is -0.619 e. The predicted molar refractivity (Wildman–Crippen MR) is 105 cm³/mol. The molecule has 28 heavy (non-hydrogen) atoms. The number of likely N-dealkylation sites (tertiary alicyclic amines) is 1. The van der Waals surface area contributed by atoms with Crippen LogP contribution in [0.2, 0.25) is 5.02 Å². The van der Waals surface area contributed by atoms with Crippen molar-refractivity contribution in [3.05, 3.63) is 70.1 Å². The van der Waals surface area contributed by atoms with Gasteiger partial charge in [0.25, 0.3) is 5.91 Å². The number of piperidine rings is 1. The van der Waals surface area contributed by atoms with Gasteiger partial charge in [0.2, 0.25) is 0 Å². The maximum atomic E-state index is 12.8. The van der Waals surface area contributed by atoms with Crippen molar-refractivity contribution in [3.8, 4) is 0 Å². The quantitative estimate of drug-likeness (QED) is 0.438. The Morgan fingerprint density at radius 2 is 1.93 bits per heavy atom. The highest BCUT2D eigenvalue weighted by Crippen LogP contribution is 2.38. The highest BCUT2D eigenvalue weighted by Gasteiger charge is 2.44. The lowest BCUT2D eigenvalue weighted by Crippen LogP contribution is -2.48. The average Bonchev–Trinajstić information content (AvgIpc) is 2.70. The number of ether oxygens (including phenoxy) is 1. The molecule has 3 rings (SSSR count). The molecule has 1 saturated heterocycles. The molecule has 148 valence electrons. The summed E-state index contributed by atoms with van der Waals surface area (Å²) in [4.78, 5) is 27.2. The van der Waals surface area contributed by atoms with Gasteiger partial charge >= 0.3 is 5.97 Å². The molecule has 1 fully saturated rings. The van der Waals surface area contributed by atoms with Gasteiger partial charge in [-0.25, -0.2) is 0 Å². The van der Waals surface area contributed by atoms with Gasteiger partial charge in [0.1, 0.15) is 5.56 Å². The molecule has 0 bridgehead atoms. The van der Waals surface area contributed by atoms with Crippen LogP contribution in [0.4, 0.5) is 0 Å². The number of nitrogens with zero attached hydrogens (tertiary/aromatic N) is 2. The summed E-state index contributed by atoms with van der Waals surface area (Å²) in [5.41, 5.74) is 0.520. The Kier molecular flexibility index (Phi) is 6.19. The zero-order chi connectivity index (χ0) is 20.1. The number of hydrogen-bond donors (Lipinski definition) is 0. The Hall–Kier alpha value is -2.60. The predicted octanol–water partition coefficient (Wildman–Crippen LogP) is 3.00. The number of amides is 1. The normalized spacial score (nSPS) is 15.9. The Morgan fingerprint density at radius 3 is 2.57 bits per heavy atom. The van der Waals surface area contributed by atoms with E-state index in [-0.39, 0.29) is 11.9 Å². The van der Waals surface area contributed by atoms with Crippen molar-refractivity contribution in [1.82, 2.24) is 4.90 Å². The van der Waals surface area contributed by atoms with Gasteiger partial charge in [-0.1, -0.05) is 29.8 Å². The molecule has 0 aliphatic carbocycles. The molecular formula is C21H23ClN2O4. The fourth-order valence-electron chi connectivity index (χ4n) is 3.65. The number of carbonyl (C=O) groups excluding carboxylic acids is 2. The lowest BCUT2D eigenvalue weighted by molar-refractivity contribution is -0.605. The van der Waals surface area contributed by atoms with Crippen molar-refractivity contribution < 1.29 is 19.1 Å². The lowest BCUT2D eigenvalue weighted by Gasteiger charge is -2.40. The second kappa shape index (κ2) is 8.61. The molecule has 2 aromatic rings. The standard InChI is InChI=1S/C21H23ClN2O4/c1-2-28-20(26)21(14-16-6-3-4-8-18(16)22)9-12-23(13-10-21)19(25)17-7-5-11-24(27)15-17/h3-8,11,15H,2,9-10,12-14H2,1H3. The SMILES string of the molecule is CCOC(=O)C1(Cc2ccccc2Cl)CCN(C(=O)c2ccc[n+]([O-])c2)CC1. The molecule has 0 radical (unpaired) electrons. The molecule has 0 unspecified atom stereocenters. The molecule has 6 nitrogen and oxygen atoms in total. The molecular weight excluding hydrogens is 380 g/mol. The van der Waals surface area contributed by atoms with E-state index < -0.39 is 5.41 Å². The van der Waals surface area contributed by atoms with E-state index >= 15 is 0 Å². The van der Waals surface area contributed by atoms with Crippen LogP contribution in [0.5, 0.6) is 0 Å². The number of aromatic nitrogens is 1. The van der Waals surface area contributed by atoms with E-state index in [0.717, 1.165) is 5.56 Å². The van der Waals surface area contributed by atoms with E-state index in [2.05, 4.69) is 0 Å². The molecule has 0 spiro atoms. The van der Waals surface area contributed by atoms with Crippen LogP contribution in [-0.4, -0.2) is 36.5 Å². The number of halogens is 1. The minimum atomic E-state index is -0.715. The highest BCUT2D eigenvalue weighted by molar-refractivity contribution is 6.31. The van der Waals surface area contributed by atoms with E-state index in [0.29, 0.717) is 54.3 Å². The van der Waals surface area contributed by atoms with Gasteiger partial charge in [0, 0.05) is 24.2 Å². The molecule has 1 aromatic carbocycles. The van der Waals surface area contributed by atoms with Gasteiger partial charge in [-0.15, -0.1) is 0 Å². The monoisotopic (exact) mass is 402 g/mol. The molecule has 0 N–H and O–H groups in total. The molecule has 0 atom stereocenters. The van der Waals surface area contributed by atoms with Crippen molar-refractivity contribution >= 4 is 23.5 Å². The van der Waals surface area contributed by atoms with Crippen molar-refractivity contribution in [2.75, 3.05) is 19.7 Å². The molecule has 1 aromatic heterocycles. The summed E-state index contributed by atoms with van der Waals surface area (Å²) in [6.07, 6.45) is 4.03. The lowest BCUT2D eigenvalue weighted by atomic mass is 9.73. The number of carbonyl (C=O) groups is 2. The van der Waals surface area contributed by atoms with Crippen LogP contribution in [0.1, 0.15) is 35.7 Å². The molecule has 1 aliphatic heterocycles. The topological polar surface area (TPSA) is 73.5 Å². The smallest absolute Gasteiger partial charge is 0.312 e. The van der Waals surface area contributed by atoms with Gasteiger partial charge in [-0.05, 0) is 43.9 Å². The van der Waals surface area contributed by atoms with Crippen molar-refractivity contribution in [3.63, 3.8) is 0 Å². The summed E-state index contributed by atoms with van der Waals surface area (Å²) in [5.74, 6) is -0.459. The summed E-state index contributed by atoms with van der Waals surface area (Å²) < 4.78 is 5.97. The van der Waals surface area contributed by atoms with Crippen molar-refractivity contribution in [2.45, 2.75) is 26.2 Å². The third-order valence-electron chi connectivity index (χ3n) is 5.22. The van der Waals surface area contributed by atoms with Gasteiger partial charge < -0.3 is 14.8 Å². The number of hydrogen-bond acceptors (Lipinski definition) is 4. The molecule has 2 heterocycles. The molecule has 1 aliphatic rings. The largest absolute Gasteiger partial charge is 0.619 e. The summed E-state index contributed by atoms with van der Waals surface area (Å²) in [6.45, 7) is 2.91. The minimum absolute atomic E-state index is 0.208. The van der Waals surface area contributed by atoms with Crippen LogP contribution in [0.3, 0.4) is 0 Å². The first-order chi connectivity index (χ1) is 13.4. The van der Waals surface area contributed by atoms with Crippen LogP contribution < -0.4 is 4.73 Å². The maximum absolute atomic E-state index is 12.8. The van der Waals surface area contributed by atoms with Crippen LogP contribution in [0, 0.1) is 10.6 Å². The maximum Gasteiger partial charge on any atom is 0.312 e. The first-order valence-corrected chi connectivity index (χ1v) is 9.72. The van der Waals surface area contributed by atoms with E-state index in [4.69, 9.17) is 16.3 Å². The highest BCUT2D eigenvalue weighted by atomic mass is 35.5. The summed E-state index contributed by atoms with van der Waals surface area (Å²) in [7, 11) is 0. The third kappa shape index (κ3) is 4.28.